The van der Waals surface area contributed by atoms with Crippen LogP contribution in [-0.2, 0) is 9.59 Å². The molecule has 104 valence electrons. The van der Waals surface area contributed by atoms with Gasteiger partial charge in [0.05, 0.1) is 0 Å². The van der Waals surface area contributed by atoms with Gasteiger partial charge in [-0.3, -0.25) is 9.59 Å². The molecule has 1 unspecified atom stereocenters. The first-order valence-electron chi connectivity index (χ1n) is 6.81. The van der Waals surface area contributed by atoms with Gasteiger partial charge >= 0.3 is 0 Å². The summed E-state index contributed by atoms with van der Waals surface area (Å²) in [5.41, 5.74) is 0. The lowest BCUT2D eigenvalue weighted by atomic mass is 9.95. The maximum absolute atomic E-state index is 12.0. The van der Waals surface area contributed by atoms with E-state index in [9.17, 15) is 9.59 Å². The normalized spacial score (nSPS) is 18.5. The molecule has 5 heteroatoms. The molecule has 1 rings (SSSR count). The summed E-state index contributed by atoms with van der Waals surface area (Å²) in [7, 11) is 1.66. The van der Waals surface area contributed by atoms with Crippen LogP contribution in [0.5, 0.6) is 0 Å². The molecule has 5 nitrogen and oxygen atoms in total. The van der Waals surface area contributed by atoms with Crippen LogP contribution in [0, 0.1) is 5.92 Å². The molecule has 1 atom stereocenters. The van der Waals surface area contributed by atoms with Gasteiger partial charge in [-0.2, -0.15) is 0 Å². The molecule has 0 radical (unpaired) electrons. The second-order valence-electron chi connectivity index (χ2n) is 4.93. The van der Waals surface area contributed by atoms with Crippen molar-refractivity contribution in [1.82, 2.24) is 15.5 Å². The van der Waals surface area contributed by atoms with Gasteiger partial charge in [0.2, 0.25) is 11.8 Å². The van der Waals surface area contributed by atoms with Crippen LogP contribution in [0.1, 0.15) is 33.1 Å². The lowest BCUT2D eigenvalue weighted by molar-refractivity contribution is -0.135. The maximum Gasteiger partial charge on any atom is 0.224 e. The zero-order valence-electron chi connectivity index (χ0n) is 11.7. The number of nitrogens with zero attached hydrogens (tertiary/aromatic N) is 1. The topological polar surface area (TPSA) is 61.4 Å². The molecule has 1 aliphatic rings. The monoisotopic (exact) mass is 255 g/mol. The van der Waals surface area contributed by atoms with Crippen molar-refractivity contribution in [1.29, 1.82) is 0 Å². The van der Waals surface area contributed by atoms with Gasteiger partial charge in [0.1, 0.15) is 0 Å². The summed E-state index contributed by atoms with van der Waals surface area (Å²) in [6.45, 7) is 6.35. The van der Waals surface area contributed by atoms with Gasteiger partial charge in [-0.15, -0.1) is 0 Å². The van der Waals surface area contributed by atoms with Crippen LogP contribution < -0.4 is 10.6 Å². The quantitative estimate of drug-likeness (QED) is 0.745. The number of carbonyl (C=O) groups excluding carboxylic acids is 2. The Balaban J connectivity index is 2.33. The zero-order chi connectivity index (χ0) is 13.5. The Labute approximate surface area is 109 Å². The second kappa shape index (κ2) is 7.36. The minimum atomic E-state index is 0.0743. The molecular formula is C13H25N3O2. The van der Waals surface area contributed by atoms with E-state index in [0.717, 1.165) is 19.4 Å². The third-order valence-corrected chi connectivity index (χ3v) is 3.50. The van der Waals surface area contributed by atoms with Gasteiger partial charge in [-0.05, 0) is 26.3 Å². The van der Waals surface area contributed by atoms with Crippen molar-refractivity contribution < 1.29 is 9.59 Å². The summed E-state index contributed by atoms with van der Waals surface area (Å²) < 4.78 is 0. The van der Waals surface area contributed by atoms with Gasteiger partial charge < -0.3 is 15.5 Å². The smallest absolute Gasteiger partial charge is 0.224 e. The van der Waals surface area contributed by atoms with E-state index in [0.29, 0.717) is 19.5 Å². The van der Waals surface area contributed by atoms with Gasteiger partial charge in [-0.25, -0.2) is 0 Å². The van der Waals surface area contributed by atoms with Gasteiger partial charge in [0.25, 0.3) is 0 Å². The Morgan fingerprint density at radius 1 is 1.33 bits per heavy atom. The highest BCUT2D eigenvalue weighted by Gasteiger charge is 2.26. The largest absolute Gasteiger partial charge is 0.359 e. The third kappa shape index (κ3) is 4.29. The van der Waals surface area contributed by atoms with E-state index < -0.39 is 0 Å². The molecule has 2 amide bonds. The molecule has 1 heterocycles. The molecule has 1 fully saturated rings. The summed E-state index contributed by atoms with van der Waals surface area (Å²) in [6.07, 6.45) is 2.10. The number of amides is 2. The zero-order valence-corrected chi connectivity index (χ0v) is 11.7. The van der Waals surface area contributed by atoms with Crippen LogP contribution in [0.25, 0.3) is 0 Å². The standard InChI is InChI=1S/C13H25N3O2/c1-4-15-10(2)9-12(17)16-7-5-11(6-8-16)13(18)14-3/h10-11,15H,4-9H2,1-3H3,(H,14,18). The average molecular weight is 255 g/mol. The molecule has 0 aromatic carbocycles. The Morgan fingerprint density at radius 2 is 1.94 bits per heavy atom. The molecule has 0 aliphatic carbocycles. The van der Waals surface area contributed by atoms with Crippen LogP contribution in [-0.4, -0.2) is 49.4 Å². The van der Waals surface area contributed by atoms with E-state index in [4.69, 9.17) is 0 Å². The lowest BCUT2D eigenvalue weighted by Crippen LogP contribution is -2.44. The van der Waals surface area contributed by atoms with E-state index in [-0.39, 0.29) is 23.8 Å². The molecule has 0 aromatic heterocycles. The fourth-order valence-corrected chi connectivity index (χ4v) is 2.41. The Kier molecular flexibility index (Phi) is 6.12. The van der Waals surface area contributed by atoms with Crippen molar-refractivity contribution in [2.75, 3.05) is 26.7 Å². The molecule has 0 spiro atoms. The van der Waals surface area contributed by atoms with Crippen molar-refractivity contribution in [2.45, 2.75) is 39.2 Å². The minimum Gasteiger partial charge on any atom is -0.359 e. The first-order chi connectivity index (χ1) is 8.58. The molecule has 1 saturated heterocycles. The molecule has 0 saturated carbocycles. The Hall–Kier alpha value is -1.10. The number of hydrogen-bond acceptors (Lipinski definition) is 3. The number of rotatable bonds is 5. The summed E-state index contributed by atoms with van der Waals surface area (Å²) in [4.78, 5) is 25.4. The fraction of sp³-hybridized carbons (Fsp3) is 0.846. The molecule has 2 N–H and O–H groups in total. The van der Waals surface area contributed by atoms with Gasteiger partial charge in [0.15, 0.2) is 0 Å². The lowest BCUT2D eigenvalue weighted by Gasteiger charge is -2.31. The van der Waals surface area contributed by atoms with Gasteiger partial charge in [0, 0.05) is 38.5 Å². The first-order valence-corrected chi connectivity index (χ1v) is 6.81. The number of hydrogen-bond donors (Lipinski definition) is 2. The second-order valence-corrected chi connectivity index (χ2v) is 4.93. The number of carbonyl (C=O) groups is 2. The summed E-state index contributed by atoms with van der Waals surface area (Å²) in [5, 5.41) is 5.92. The molecule has 0 bridgehead atoms. The molecular weight excluding hydrogens is 230 g/mol. The van der Waals surface area contributed by atoms with Crippen molar-refractivity contribution >= 4 is 11.8 Å². The Morgan fingerprint density at radius 3 is 2.44 bits per heavy atom. The number of likely N-dealkylation sites (tertiary alicyclic amines) is 1. The highest BCUT2D eigenvalue weighted by molar-refractivity contribution is 5.80. The predicted molar refractivity (Wildman–Crippen MR) is 71.1 cm³/mol. The van der Waals surface area contributed by atoms with Crippen LogP contribution in [0.3, 0.4) is 0 Å². The van der Waals surface area contributed by atoms with Crippen molar-refractivity contribution in [3.05, 3.63) is 0 Å². The first kappa shape index (κ1) is 15.0. The van der Waals surface area contributed by atoms with Crippen molar-refractivity contribution in [3.8, 4) is 0 Å². The van der Waals surface area contributed by atoms with E-state index in [1.807, 2.05) is 18.7 Å². The maximum atomic E-state index is 12.0. The van der Waals surface area contributed by atoms with Crippen LogP contribution in [0.4, 0.5) is 0 Å². The highest BCUT2D eigenvalue weighted by atomic mass is 16.2. The van der Waals surface area contributed by atoms with Crippen LogP contribution in [0.15, 0.2) is 0 Å². The summed E-state index contributed by atoms with van der Waals surface area (Å²) in [6, 6.07) is 0.221. The van der Waals surface area contributed by atoms with Crippen LogP contribution in [0.2, 0.25) is 0 Å². The highest BCUT2D eigenvalue weighted by Crippen LogP contribution is 2.18. The average Bonchev–Trinajstić information content (AvgIpc) is 2.38. The Bertz CT molecular complexity index is 286. The molecule has 18 heavy (non-hydrogen) atoms. The van der Waals surface area contributed by atoms with E-state index in [2.05, 4.69) is 10.6 Å². The van der Waals surface area contributed by atoms with Crippen molar-refractivity contribution in [3.63, 3.8) is 0 Å². The summed E-state index contributed by atoms with van der Waals surface area (Å²) in [5.74, 6) is 0.368. The summed E-state index contributed by atoms with van der Waals surface area (Å²) >= 11 is 0. The fourth-order valence-electron chi connectivity index (χ4n) is 2.41. The molecule has 1 aliphatic heterocycles. The SMILES string of the molecule is CCNC(C)CC(=O)N1CCC(C(=O)NC)CC1. The predicted octanol–water partition coefficient (Wildman–Crippen LogP) is 0.359. The minimum absolute atomic E-state index is 0.0743. The number of nitrogens with one attached hydrogen (secondary N) is 2. The molecule has 0 aromatic rings. The van der Waals surface area contributed by atoms with Crippen molar-refractivity contribution in [2.24, 2.45) is 5.92 Å². The van der Waals surface area contributed by atoms with Crippen LogP contribution >= 0.6 is 0 Å². The van der Waals surface area contributed by atoms with E-state index in [1.54, 1.807) is 7.05 Å². The van der Waals surface area contributed by atoms with E-state index >= 15 is 0 Å². The third-order valence-electron chi connectivity index (χ3n) is 3.50. The van der Waals surface area contributed by atoms with E-state index in [1.165, 1.54) is 0 Å². The number of piperidine rings is 1. The van der Waals surface area contributed by atoms with Gasteiger partial charge in [-0.1, -0.05) is 6.92 Å².